The van der Waals surface area contributed by atoms with E-state index in [0.29, 0.717) is 31.9 Å². The van der Waals surface area contributed by atoms with Gasteiger partial charge in [-0.05, 0) is 36.9 Å². The normalized spacial score (nSPS) is 17.1. The van der Waals surface area contributed by atoms with Crippen LogP contribution in [0.1, 0.15) is 16.7 Å². The van der Waals surface area contributed by atoms with Gasteiger partial charge in [-0.1, -0.05) is 11.6 Å². The van der Waals surface area contributed by atoms with Crippen LogP contribution in [0.15, 0.2) is 23.0 Å². The predicted octanol–water partition coefficient (Wildman–Crippen LogP) is 2.04. The molecule has 146 valence electrons. The Morgan fingerprint density at radius 3 is 2.67 bits per heavy atom. The zero-order chi connectivity index (χ0) is 19.6. The first-order valence-electron chi connectivity index (χ1n) is 9.14. The standard InChI is InChI=1S/C20H27N3O4/c1-13-7-14(2)18-15(8-13)9-16(19(24)21-18)10-23(20(25)22(3)4)11-17-12-26-5-6-27-17/h7-9,17H,5-6,10-12H2,1-4H3,(H,21,24). The van der Waals surface area contributed by atoms with Crippen LogP contribution in [0.2, 0.25) is 0 Å². The summed E-state index contributed by atoms with van der Waals surface area (Å²) < 4.78 is 11.1. The summed E-state index contributed by atoms with van der Waals surface area (Å²) in [6.07, 6.45) is -0.188. The Hall–Kier alpha value is -2.38. The first kappa shape index (κ1) is 19.4. The second-order valence-electron chi connectivity index (χ2n) is 7.29. The summed E-state index contributed by atoms with van der Waals surface area (Å²) in [7, 11) is 3.40. The van der Waals surface area contributed by atoms with E-state index in [1.54, 1.807) is 19.0 Å². The molecule has 27 heavy (non-hydrogen) atoms. The number of nitrogens with one attached hydrogen (secondary N) is 1. The number of hydrogen-bond donors (Lipinski definition) is 1. The number of pyridine rings is 1. The van der Waals surface area contributed by atoms with Crippen molar-refractivity contribution in [3.8, 4) is 0 Å². The molecule has 1 aliphatic heterocycles. The van der Waals surface area contributed by atoms with Gasteiger partial charge in [0.2, 0.25) is 0 Å². The van der Waals surface area contributed by atoms with Crippen LogP contribution in [0.3, 0.4) is 0 Å². The number of carbonyl (C=O) groups excluding carboxylic acids is 1. The molecule has 7 heteroatoms. The zero-order valence-corrected chi connectivity index (χ0v) is 16.4. The van der Waals surface area contributed by atoms with Crippen molar-refractivity contribution in [2.24, 2.45) is 0 Å². The predicted molar refractivity (Wildman–Crippen MR) is 104 cm³/mol. The van der Waals surface area contributed by atoms with Gasteiger partial charge in [0.25, 0.3) is 5.56 Å². The zero-order valence-electron chi connectivity index (χ0n) is 16.4. The first-order valence-corrected chi connectivity index (χ1v) is 9.14. The lowest BCUT2D eigenvalue weighted by Gasteiger charge is -2.31. The van der Waals surface area contributed by atoms with Crippen molar-refractivity contribution in [2.45, 2.75) is 26.5 Å². The third-order valence-corrected chi connectivity index (χ3v) is 4.69. The molecule has 0 aliphatic carbocycles. The van der Waals surface area contributed by atoms with E-state index < -0.39 is 0 Å². The van der Waals surface area contributed by atoms with Crippen molar-refractivity contribution in [1.82, 2.24) is 14.8 Å². The molecule has 1 saturated heterocycles. The molecule has 0 spiro atoms. The number of aryl methyl sites for hydroxylation is 2. The van der Waals surface area contributed by atoms with Gasteiger partial charge in [-0.3, -0.25) is 4.79 Å². The largest absolute Gasteiger partial charge is 0.376 e. The minimum Gasteiger partial charge on any atom is -0.376 e. The third kappa shape index (κ3) is 4.48. The van der Waals surface area contributed by atoms with Crippen LogP contribution in [0, 0.1) is 13.8 Å². The lowest BCUT2D eigenvalue weighted by molar-refractivity contribution is -0.0952. The summed E-state index contributed by atoms with van der Waals surface area (Å²) in [4.78, 5) is 31.4. The number of nitrogens with zero attached hydrogens (tertiary/aromatic N) is 2. The summed E-state index contributed by atoms with van der Waals surface area (Å²) in [5.41, 5.74) is 3.38. The van der Waals surface area contributed by atoms with Crippen molar-refractivity contribution in [3.05, 3.63) is 45.2 Å². The molecule has 0 radical (unpaired) electrons. The van der Waals surface area contributed by atoms with E-state index in [2.05, 4.69) is 4.98 Å². The lowest BCUT2D eigenvalue weighted by Crippen LogP contribution is -2.46. The molecule has 2 aromatic rings. The number of amides is 2. The van der Waals surface area contributed by atoms with E-state index in [4.69, 9.17) is 9.47 Å². The number of ether oxygens (including phenoxy) is 2. The van der Waals surface area contributed by atoms with Gasteiger partial charge >= 0.3 is 6.03 Å². The van der Waals surface area contributed by atoms with Gasteiger partial charge in [0, 0.05) is 19.7 Å². The van der Waals surface area contributed by atoms with Crippen molar-refractivity contribution >= 4 is 16.9 Å². The third-order valence-electron chi connectivity index (χ3n) is 4.69. The highest BCUT2D eigenvalue weighted by Gasteiger charge is 2.24. The van der Waals surface area contributed by atoms with Crippen molar-refractivity contribution in [3.63, 3.8) is 0 Å². The number of hydrogen-bond acceptors (Lipinski definition) is 4. The molecule has 1 fully saturated rings. The molecule has 1 N–H and O–H groups in total. The van der Waals surface area contributed by atoms with Crippen molar-refractivity contribution in [2.75, 3.05) is 40.5 Å². The van der Waals surface area contributed by atoms with Crippen LogP contribution in [0.5, 0.6) is 0 Å². The summed E-state index contributed by atoms with van der Waals surface area (Å²) in [5.74, 6) is 0. The molecule has 1 unspecified atom stereocenters. The Bertz CT molecular complexity index is 885. The van der Waals surface area contributed by atoms with Gasteiger partial charge in [0.1, 0.15) is 0 Å². The van der Waals surface area contributed by atoms with E-state index in [0.717, 1.165) is 22.0 Å². The number of carbonyl (C=O) groups is 1. The van der Waals surface area contributed by atoms with Crippen LogP contribution < -0.4 is 5.56 Å². The summed E-state index contributed by atoms with van der Waals surface area (Å²) in [5, 5.41) is 0.969. The van der Waals surface area contributed by atoms with Gasteiger partial charge in [0.15, 0.2) is 0 Å². The minimum atomic E-state index is -0.188. The van der Waals surface area contributed by atoms with E-state index in [9.17, 15) is 9.59 Å². The summed E-state index contributed by atoms with van der Waals surface area (Å²) >= 11 is 0. The van der Waals surface area contributed by atoms with Gasteiger partial charge < -0.3 is 24.3 Å². The molecule has 1 aliphatic rings. The molecule has 1 aromatic carbocycles. The van der Waals surface area contributed by atoms with Crippen molar-refractivity contribution < 1.29 is 14.3 Å². The van der Waals surface area contributed by atoms with Gasteiger partial charge in [0.05, 0.1) is 44.5 Å². The maximum absolute atomic E-state index is 12.6. The minimum absolute atomic E-state index is 0.163. The first-order chi connectivity index (χ1) is 12.8. The highest BCUT2D eigenvalue weighted by Crippen LogP contribution is 2.19. The lowest BCUT2D eigenvalue weighted by atomic mass is 10.1. The van der Waals surface area contributed by atoms with Crippen LogP contribution >= 0.6 is 0 Å². The molecule has 3 rings (SSSR count). The fourth-order valence-corrected chi connectivity index (χ4v) is 3.44. The van der Waals surface area contributed by atoms with Gasteiger partial charge in [-0.15, -0.1) is 0 Å². The van der Waals surface area contributed by atoms with Crippen LogP contribution in [-0.4, -0.2) is 67.4 Å². The second kappa shape index (κ2) is 8.10. The Kier molecular flexibility index (Phi) is 5.82. The molecule has 0 bridgehead atoms. The Labute approximate surface area is 158 Å². The van der Waals surface area contributed by atoms with Gasteiger partial charge in [-0.25, -0.2) is 4.79 Å². The fraction of sp³-hybridized carbons (Fsp3) is 0.500. The molecule has 7 nitrogen and oxygen atoms in total. The number of fused-ring (bicyclic) bond motifs is 1. The number of urea groups is 1. The maximum atomic E-state index is 12.6. The second-order valence-corrected chi connectivity index (χ2v) is 7.29. The molecule has 0 saturated carbocycles. The van der Waals surface area contributed by atoms with Crippen LogP contribution in [0.25, 0.3) is 10.9 Å². The molecule has 1 aromatic heterocycles. The topological polar surface area (TPSA) is 74.9 Å². The molecular weight excluding hydrogens is 346 g/mol. The molecule has 2 amide bonds. The average Bonchev–Trinajstić information content (AvgIpc) is 2.62. The average molecular weight is 373 g/mol. The smallest absolute Gasteiger partial charge is 0.319 e. The summed E-state index contributed by atoms with van der Waals surface area (Å²) in [6, 6.07) is 5.80. The quantitative estimate of drug-likeness (QED) is 0.890. The maximum Gasteiger partial charge on any atom is 0.319 e. The molecule has 2 heterocycles. The molecular formula is C20H27N3O4. The fourth-order valence-electron chi connectivity index (χ4n) is 3.44. The van der Waals surface area contributed by atoms with Crippen molar-refractivity contribution in [1.29, 1.82) is 0 Å². The number of benzene rings is 1. The highest BCUT2D eigenvalue weighted by molar-refractivity contribution is 5.83. The number of rotatable bonds is 4. The molecule has 1 atom stereocenters. The summed E-state index contributed by atoms with van der Waals surface area (Å²) in [6.45, 7) is 6.14. The monoisotopic (exact) mass is 373 g/mol. The van der Waals surface area contributed by atoms with E-state index >= 15 is 0 Å². The number of aromatic amines is 1. The van der Waals surface area contributed by atoms with E-state index in [1.807, 2.05) is 32.0 Å². The Morgan fingerprint density at radius 1 is 1.22 bits per heavy atom. The van der Waals surface area contributed by atoms with Crippen LogP contribution in [0.4, 0.5) is 4.79 Å². The number of H-pyrrole nitrogens is 1. The van der Waals surface area contributed by atoms with E-state index in [-0.39, 0.29) is 24.2 Å². The van der Waals surface area contributed by atoms with E-state index in [1.165, 1.54) is 4.90 Å². The van der Waals surface area contributed by atoms with Gasteiger partial charge in [-0.2, -0.15) is 0 Å². The van der Waals surface area contributed by atoms with Crippen LogP contribution in [-0.2, 0) is 16.0 Å². The number of aromatic nitrogens is 1. The Balaban J connectivity index is 1.91. The SMILES string of the molecule is Cc1cc(C)c2[nH]c(=O)c(CN(CC3COCCO3)C(=O)N(C)C)cc2c1. The highest BCUT2D eigenvalue weighted by atomic mass is 16.6. The Morgan fingerprint density at radius 2 is 2.00 bits per heavy atom.